The molecule has 0 aromatic heterocycles. The predicted octanol–water partition coefficient (Wildman–Crippen LogP) is 3.17. The molecule has 3 N–H and O–H groups in total. The van der Waals surface area contributed by atoms with Crippen LogP contribution in [0.3, 0.4) is 0 Å². The fourth-order valence-corrected chi connectivity index (χ4v) is 3.08. The van der Waals surface area contributed by atoms with Gasteiger partial charge >= 0.3 is 11.8 Å². The molecular weight excluding hydrogens is 456 g/mol. The summed E-state index contributed by atoms with van der Waals surface area (Å²) in [4.78, 5) is 35.7. The lowest BCUT2D eigenvalue weighted by molar-refractivity contribution is -0.139. The van der Waals surface area contributed by atoms with Crippen molar-refractivity contribution < 1.29 is 19.1 Å². The molecule has 0 radical (unpaired) electrons. The van der Waals surface area contributed by atoms with Gasteiger partial charge in [0.05, 0.1) is 11.2 Å². The van der Waals surface area contributed by atoms with Crippen LogP contribution in [0.2, 0.25) is 5.02 Å². The van der Waals surface area contributed by atoms with Crippen molar-refractivity contribution in [3.05, 3.63) is 95.0 Å². The number of nitrogens with zero attached hydrogens (tertiary/aromatic N) is 1. The van der Waals surface area contributed by atoms with Gasteiger partial charge in [-0.3, -0.25) is 14.4 Å². The quantitative estimate of drug-likeness (QED) is 0.249. The highest BCUT2D eigenvalue weighted by Crippen LogP contribution is 2.25. The molecule has 0 aliphatic rings. The van der Waals surface area contributed by atoms with Crippen LogP contribution in [0.5, 0.6) is 5.75 Å². The highest BCUT2D eigenvalue weighted by Gasteiger charge is 2.12. The first kappa shape index (κ1) is 24.5. The number of anilines is 1. The minimum absolute atomic E-state index is 0.211. The van der Waals surface area contributed by atoms with E-state index in [4.69, 9.17) is 16.3 Å². The highest BCUT2D eigenvalue weighted by molar-refractivity contribution is 6.35. The number of carbonyl (C=O) groups is 3. The second kappa shape index (κ2) is 12.8. The largest absolute Gasteiger partial charge is 0.482 e. The van der Waals surface area contributed by atoms with Gasteiger partial charge in [-0.1, -0.05) is 60.1 Å². The van der Waals surface area contributed by atoms with Crippen LogP contribution >= 0.6 is 11.6 Å². The van der Waals surface area contributed by atoms with Crippen LogP contribution in [0, 0.1) is 0 Å². The maximum Gasteiger partial charge on any atom is 0.329 e. The molecule has 3 amide bonds. The van der Waals surface area contributed by atoms with Crippen molar-refractivity contribution >= 4 is 41.2 Å². The number of hydrazone groups is 1. The summed E-state index contributed by atoms with van der Waals surface area (Å²) in [6.45, 7) is 0.123. The fraction of sp³-hybridized carbons (Fsp3) is 0.120. The lowest BCUT2D eigenvalue weighted by atomic mass is 10.1. The number of ether oxygens (including phenoxy) is 1. The molecule has 0 saturated carbocycles. The molecule has 8 nitrogen and oxygen atoms in total. The lowest BCUT2D eigenvalue weighted by Gasteiger charge is -2.09. The number of halogens is 1. The van der Waals surface area contributed by atoms with Gasteiger partial charge in [0.15, 0.2) is 6.61 Å². The molecule has 0 atom stereocenters. The molecule has 3 rings (SSSR count). The van der Waals surface area contributed by atoms with Crippen LogP contribution in [0.15, 0.2) is 84.0 Å². The van der Waals surface area contributed by atoms with E-state index >= 15 is 0 Å². The summed E-state index contributed by atoms with van der Waals surface area (Å²) in [5.41, 5.74) is 4.46. The Labute approximate surface area is 202 Å². The van der Waals surface area contributed by atoms with Crippen molar-refractivity contribution in [1.29, 1.82) is 0 Å². The third-order valence-electron chi connectivity index (χ3n) is 4.50. The topological polar surface area (TPSA) is 109 Å². The molecule has 0 aliphatic carbocycles. The third-order valence-corrected chi connectivity index (χ3v) is 4.80. The number of para-hydroxylation sites is 1. The number of hydrogen-bond donors (Lipinski definition) is 3. The van der Waals surface area contributed by atoms with Crippen molar-refractivity contribution in [3.63, 3.8) is 0 Å². The number of rotatable bonds is 9. The van der Waals surface area contributed by atoms with Gasteiger partial charge in [-0.2, -0.15) is 5.10 Å². The van der Waals surface area contributed by atoms with Gasteiger partial charge in [0.25, 0.3) is 5.91 Å². The zero-order valence-electron chi connectivity index (χ0n) is 18.2. The number of amides is 3. The van der Waals surface area contributed by atoms with Gasteiger partial charge in [0.1, 0.15) is 5.75 Å². The van der Waals surface area contributed by atoms with Gasteiger partial charge in [-0.15, -0.1) is 0 Å². The molecule has 3 aromatic rings. The number of carbonyl (C=O) groups excluding carboxylic acids is 3. The van der Waals surface area contributed by atoms with Gasteiger partial charge in [-0.05, 0) is 47.9 Å². The van der Waals surface area contributed by atoms with E-state index in [9.17, 15) is 14.4 Å². The zero-order valence-corrected chi connectivity index (χ0v) is 18.9. The first-order valence-corrected chi connectivity index (χ1v) is 10.8. The van der Waals surface area contributed by atoms with Crippen molar-refractivity contribution in [1.82, 2.24) is 10.7 Å². The smallest absolute Gasteiger partial charge is 0.329 e. The first-order valence-electron chi connectivity index (χ1n) is 10.4. The lowest BCUT2D eigenvalue weighted by Crippen LogP contribution is -2.38. The maximum absolute atomic E-state index is 12.0. The summed E-state index contributed by atoms with van der Waals surface area (Å²) in [5, 5.41) is 9.29. The summed E-state index contributed by atoms with van der Waals surface area (Å²) in [6.07, 6.45) is 1.96. The van der Waals surface area contributed by atoms with E-state index in [0.717, 1.165) is 5.56 Å². The molecule has 0 bridgehead atoms. The standard InChI is InChI=1S/C25H23ClN4O4/c26-21-15-19(11-12-22(21)34-17-23(31)29-20-9-5-2-6-10-20)16-28-30-25(33)24(32)27-14-13-18-7-3-1-4-8-18/h1-12,15-16H,13-14,17H2,(H,27,32)(H,29,31)(H,30,33)/b28-16-. The Kier molecular flexibility index (Phi) is 9.19. The minimum atomic E-state index is -0.875. The Morgan fingerprint density at radius 2 is 1.62 bits per heavy atom. The molecule has 0 unspecified atom stereocenters. The van der Waals surface area contributed by atoms with Crippen LogP contribution in [-0.2, 0) is 20.8 Å². The molecule has 0 aliphatic heterocycles. The van der Waals surface area contributed by atoms with Crippen molar-refractivity contribution in [2.24, 2.45) is 5.10 Å². The van der Waals surface area contributed by atoms with Crippen LogP contribution in [0.25, 0.3) is 0 Å². The van der Waals surface area contributed by atoms with E-state index in [1.165, 1.54) is 6.21 Å². The Balaban J connectivity index is 1.41. The molecule has 9 heteroatoms. The monoisotopic (exact) mass is 478 g/mol. The fourth-order valence-electron chi connectivity index (χ4n) is 2.84. The summed E-state index contributed by atoms with van der Waals surface area (Å²) in [5.74, 6) is -1.65. The third kappa shape index (κ3) is 8.07. The van der Waals surface area contributed by atoms with E-state index < -0.39 is 11.8 Å². The number of nitrogens with one attached hydrogen (secondary N) is 3. The van der Waals surface area contributed by atoms with Gasteiger partial charge < -0.3 is 15.4 Å². The minimum Gasteiger partial charge on any atom is -0.482 e. The van der Waals surface area contributed by atoms with Gasteiger partial charge in [-0.25, -0.2) is 5.43 Å². The molecule has 3 aromatic carbocycles. The molecule has 0 fully saturated rings. The van der Waals surface area contributed by atoms with E-state index in [1.54, 1.807) is 30.3 Å². The Hall–Kier alpha value is -4.17. The molecule has 174 valence electrons. The molecule has 0 spiro atoms. The summed E-state index contributed by atoms with van der Waals surface area (Å²) >= 11 is 6.20. The Morgan fingerprint density at radius 3 is 2.32 bits per heavy atom. The first-order chi connectivity index (χ1) is 16.5. The van der Waals surface area contributed by atoms with Crippen molar-refractivity contribution in [2.45, 2.75) is 6.42 Å². The van der Waals surface area contributed by atoms with E-state index in [0.29, 0.717) is 30.0 Å². The van der Waals surface area contributed by atoms with Gasteiger partial charge in [0, 0.05) is 12.2 Å². The summed E-state index contributed by atoms with van der Waals surface area (Å²) in [6, 6.07) is 23.4. The second-order valence-corrected chi connectivity index (χ2v) is 7.49. The summed E-state index contributed by atoms with van der Waals surface area (Å²) < 4.78 is 5.46. The van der Waals surface area contributed by atoms with Gasteiger partial charge in [0.2, 0.25) is 0 Å². The highest BCUT2D eigenvalue weighted by atomic mass is 35.5. The Morgan fingerprint density at radius 1 is 0.912 bits per heavy atom. The van der Waals surface area contributed by atoms with E-state index in [2.05, 4.69) is 21.2 Å². The van der Waals surface area contributed by atoms with Crippen molar-refractivity contribution in [2.75, 3.05) is 18.5 Å². The molecule has 34 heavy (non-hydrogen) atoms. The average molecular weight is 479 g/mol. The SMILES string of the molecule is O=C(COc1ccc(/C=N\NC(=O)C(=O)NCCc2ccccc2)cc1Cl)Nc1ccccc1. The molecule has 0 saturated heterocycles. The van der Waals surface area contributed by atoms with Crippen LogP contribution < -0.4 is 20.8 Å². The average Bonchev–Trinajstić information content (AvgIpc) is 2.84. The van der Waals surface area contributed by atoms with Crippen LogP contribution in [-0.4, -0.2) is 37.1 Å². The van der Waals surface area contributed by atoms with E-state index in [1.807, 2.05) is 48.5 Å². The van der Waals surface area contributed by atoms with E-state index in [-0.39, 0.29) is 17.5 Å². The van der Waals surface area contributed by atoms with Crippen LogP contribution in [0.4, 0.5) is 5.69 Å². The van der Waals surface area contributed by atoms with Crippen LogP contribution in [0.1, 0.15) is 11.1 Å². The number of benzene rings is 3. The normalized spacial score (nSPS) is 10.5. The Bertz CT molecular complexity index is 1150. The number of hydrogen-bond acceptors (Lipinski definition) is 5. The summed E-state index contributed by atoms with van der Waals surface area (Å²) in [7, 11) is 0. The molecule has 0 heterocycles. The molecular formula is C25H23ClN4O4. The maximum atomic E-state index is 12.0. The van der Waals surface area contributed by atoms with Crippen molar-refractivity contribution in [3.8, 4) is 5.75 Å². The second-order valence-electron chi connectivity index (χ2n) is 7.08. The zero-order chi connectivity index (χ0) is 24.2. The predicted molar refractivity (Wildman–Crippen MR) is 131 cm³/mol.